The summed E-state index contributed by atoms with van der Waals surface area (Å²) in [6.45, 7) is 13.2. The molecule has 1 unspecified atom stereocenters. The maximum absolute atomic E-state index is 12.7. The van der Waals surface area contributed by atoms with E-state index in [1.54, 1.807) is 0 Å². The smallest absolute Gasteiger partial charge is 0.193 e. The van der Waals surface area contributed by atoms with E-state index in [-0.39, 0.29) is 11.2 Å². The van der Waals surface area contributed by atoms with Gasteiger partial charge in [0.1, 0.15) is 0 Å². The van der Waals surface area contributed by atoms with Crippen LogP contribution in [-0.2, 0) is 0 Å². The molecule has 0 aromatic heterocycles. The predicted octanol–water partition coefficient (Wildman–Crippen LogP) is 7.27. The van der Waals surface area contributed by atoms with Crippen molar-refractivity contribution in [3.05, 3.63) is 76.4 Å². The van der Waals surface area contributed by atoms with Crippen LogP contribution in [0.15, 0.2) is 54.1 Å². The van der Waals surface area contributed by atoms with Crippen LogP contribution in [0.4, 0.5) is 0 Å². The third kappa shape index (κ3) is 3.98. The van der Waals surface area contributed by atoms with E-state index in [4.69, 9.17) is 0 Å². The topological polar surface area (TPSA) is 17.1 Å². The molecule has 3 rings (SSSR count). The summed E-state index contributed by atoms with van der Waals surface area (Å²) in [5.41, 5.74) is 5.78. The Labute approximate surface area is 159 Å². The Morgan fingerprint density at radius 1 is 1.00 bits per heavy atom. The van der Waals surface area contributed by atoms with Crippen LogP contribution in [-0.4, -0.2) is 5.78 Å². The van der Waals surface area contributed by atoms with Gasteiger partial charge in [0.15, 0.2) is 5.78 Å². The molecule has 1 aliphatic rings. The van der Waals surface area contributed by atoms with Crippen molar-refractivity contribution < 1.29 is 4.79 Å². The molecule has 0 aliphatic heterocycles. The van der Waals surface area contributed by atoms with Gasteiger partial charge in [-0.2, -0.15) is 0 Å². The molecule has 2 aromatic rings. The van der Waals surface area contributed by atoms with Crippen LogP contribution in [0.25, 0.3) is 6.08 Å². The molecule has 0 N–H and O–H groups in total. The van der Waals surface area contributed by atoms with Gasteiger partial charge in [0.25, 0.3) is 0 Å². The fourth-order valence-electron chi connectivity index (χ4n) is 4.00. The standard InChI is InChI=1S/C23H26O.C2H6/c1-5-13-23(3,4)21-15-19-14-18(11-12-20(19)16(21)2)22(24)17-9-7-6-8-10-17;1-2/h6-12,14-16H,5,13H2,1-4H3;1-2H3. The minimum atomic E-state index is 0.0979. The first-order chi connectivity index (χ1) is 12.4. The molecule has 0 spiro atoms. The molecule has 26 heavy (non-hydrogen) atoms. The molecular weight excluding hydrogens is 316 g/mol. The summed E-state index contributed by atoms with van der Waals surface area (Å²) in [6, 6.07) is 15.7. The zero-order valence-electron chi connectivity index (χ0n) is 17.1. The van der Waals surface area contributed by atoms with Gasteiger partial charge in [-0.15, -0.1) is 0 Å². The van der Waals surface area contributed by atoms with Crippen molar-refractivity contribution in [2.24, 2.45) is 5.41 Å². The zero-order valence-corrected chi connectivity index (χ0v) is 17.1. The Morgan fingerprint density at radius 3 is 2.27 bits per heavy atom. The largest absolute Gasteiger partial charge is 0.289 e. The molecular formula is C25H32O. The number of hydrogen-bond donors (Lipinski definition) is 0. The molecule has 1 atom stereocenters. The molecule has 2 aromatic carbocycles. The molecule has 0 saturated heterocycles. The lowest BCUT2D eigenvalue weighted by Crippen LogP contribution is -2.16. The SMILES string of the molecule is CC.CCCC(C)(C)C1=Cc2cc(C(=O)c3ccccc3)ccc2C1C. The molecule has 0 saturated carbocycles. The normalized spacial score (nSPS) is 15.6. The third-order valence-electron chi connectivity index (χ3n) is 5.29. The lowest BCUT2D eigenvalue weighted by molar-refractivity contribution is 0.103. The molecule has 0 bridgehead atoms. The maximum atomic E-state index is 12.7. The van der Waals surface area contributed by atoms with Crippen LogP contribution in [0.1, 0.15) is 87.4 Å². The molecule has 0 amide bonds. The average Bonchev–Trinajstić information content (AvgIpc) is 3.00. The van der Waals surface area contributed by atoms with E-state index in [2.05, 4.69) is 45.9 Å². The average molecular weight is 349 g/mol. The summed E-state index contributed by atoms with van der Waals surface area (Å²) in [7, 11) is 0. The summed E-state index contributed by atoms with van der Waals surface area (Å²) in [4.78, 5) is 12.7. The van der Waals surface area contributed by atoms with Crippen molar-refractivity contribution in [2.75, 3.05) is 0 Å². The second-order valence-corrected chi connectivity index (χ2v) is 7.49. The number of benzene rings is 2. The van der Waals surface area contributed by atoms with Gasteiger partial charge in [0.05, 0.1) is 0 Å². The second-order valence-electron chi connectivity index (χ2n) is 7.49. The van der Waals surface area contributed by atoms with Crippen LogP contribution in [0.5, 0.6) is 0 Å². The van der Waals surface area contributed by atoms with E-state index >= 15 is 0 Å². The molecule has 1 nitrogen and oxygen atoms in total. The second kappa shape index (κ2) is 8.49. The highest BCUT2D eigenvalue weighted by atomic mass is 16.1. The van der Waals surface area contributed by atoms with Gasteiger partial charge >= 0.3 is 0 Å². The molecule has 1 heteroatoms. The van der Waals surface area contributed by atoms with Crippen molar-refractivity contribution in [1.82, 2.24) is 0 Å². The highest BCUT2D eigenvalue weighted by molar-refractivity contribution is 6.09. The molecule has 1 aliphatic carbocycles. The van der Waals surface area contributed by atoms with Gasteiger partial charge in [-0.1, -0.05) is 102 Å². The summed E-state index contributed by atoms with van der Waals surface area (Å²) >= 11 is 0. The maximum Gasteiger partial charge on any atom is 0.193 e. The van der Waals surface area contributed by atoms with Crippen LogP contribution < -0.4 is 0 Å². The van der Waals surface area contributed by atoms with Crippen LogP contribution in [0.3, 0.4) is 0 Å². The summed E-state index contributed by atoms with van der Waals surface area (Å²) in [5, 5.41) is 0. The van der Waals surface area contributed by atoms with Crippen LogP contribution in [0, 0.1) is 5.41 Å². The lowest BCUT2D eigenvalue weighted by Gasteiger charge is -2.29. The number of fused-ring (bicyclic) bond motifs is 1. The van der Waals surface area contributed by atoms with Gasteiger partial charge in [0.2, 0.25) is 0 Å². The number of hydrogen-bond acceptors (Lipinski definition) is 1. The van der Waals surface area contributed by atoms with Crippen molar-refractivity contribution in [1.29, 1.82) is 0 Å². The highest BCUT2D eigenvalue weighted by Gasteiger charge is 2.32. The monoisotopic (exact) mass is 348 g/mol. The van der Waals surface area contributed by atoms with Crippen molar-refractivity contribution >= 4 is 11.9 Å². The molecule has 0 radical (unpaired) electrons. The minimum absolute atomic E-state index is 0.0979. The first kappa shape index (κ1) is 20.2. The van der Waals surface area contributed by atoms with E-state index in [0.717, 1.165) is 11.1 Å². The number of carbonyl (C=O) groups excluding carboxylic acids is 1. The Balaban J connectivity index is 0.00000117. The number of carbonyl (C=O) groups is 1. The molecule has 138 valence electrons. The zero-order chi connectivity index (χ0) is 19.3. The Bertz CT molecular complexity index is 781. The van der Waals surface area contributed by atoms with E-state index in [1.807, 2.05) is 50.2 Å². The Morgan fingerprint density at radius 2 is 1.65 bits per heavy atom. The first-order valence-corrected chi connectivity index (χ1v) is 9.90. The summed E-state index contributed by atoms with van der Waals surface area (Å²) in [6.07, 6.45) is 4.69. The van der Waals surface area contributed by atoms with Gasteiger partial charge < -0.3 is 0 Å². The van der Waals surface area contributed by atoms with E-state index in [9.17, 15) is 4.79 Å². The van der Waals surface area contributed by atoms with Gasteiger partial charge in [-0.05, 0) is 29.0 Å². The third-order valence-corrected chi connectivity index (χ3v) is 5.29. The van der Waals surface area contributed by atoms with E-state index in [0.29, 0.717) is 5.92 Å². The highest BCUT2D eigenvalue weighted by Crippen LogP contribution is 2.47. The first-order valence-electron chi connectivity index (χ1n) is 9.90. The number of ketones is 1. The van der Waals surface area contributed by atoms with Gasteiger partial charge in [-0.25, -0.2) is 0 Å². The van der Waals surface area contributed by atoms with Gasteiger partial charge in [0, 0.05) is 17.0 Å². The van der Waals surface area contributed by atoms with Gasteiger partial charge in [-0.3, -0.25) is 4.79 Å². The minimum Gasteiger partial charge on any atom is -0.289 e. The van der Waals surface area contributed by atoms with E-state index < -0.39 is 0 Å². The summed E-state index contributed by atoms with van der Waals surface area (Å²) in [5.74, 6) is 0.531. The van der Waals surface area contributed by atoms with Crippen molar-refractivity contribution in [3.63, 3.8) is 0 Å². The Hall–Kier alpha value is -2.15. The Kier molecular flexibility index (Phi) is 6.58. The number of rotatable bonds is 5. The fraction of sp³-hybridized carbons (Fsp3) is 0.400. The quantitative estimate of drug-likeness (QED) is 0.519. The van der Waals surface area contributed by atoms with E-state index in [1.165, 1.54) is 29.5 Å². The predicted molar refractivity (Wildman–Crippen MR) is 113 cm³/mol. The molecule has 0 heterocycles. The van der Waals surface area contributed by atoms with Crippen molar-refractivity contribution in [2.45, 2.75) is 60.3 Å². The number of allylic oxidation sites excluding steroid dienone is 1. The van der Waals surface area contributed by atoms with Crippen LogP contribution in [0.2, 0.25) is 0 Å². The van der Waals surface area contributed by atoms with Crippen molar-refractivity contribution in [3.8, 4) is 0 Å². The molecule has 0 fully saturated rings. The fourth-order valence-corrected chi connectivity index (χ4v) is 4.00. The summed E-state index contributed by atoms with van der Waals surface area (Å²) < 4.78 is 0. The lowest BCUT2D eigenvalue weighted by atomic mass is 9.75. The van der Waals surface area contributed by atoms with Crippen LogP contribution >= 0.6 is 0 Å².